The first-order valence-corrected chi connectivity index (χ1v) is 7.38. The first-order valence-electron chi connectivity index (χ1n) is 7.38. The zero-order valence-corrected chi connectivity index (χ0v) is 12.3. The smallest absolute Gasteiger partial charge is 0.0160 e. The topological polar surface area (TPSA) is 12.0 Å². The second-order valence-electron chi connectivity index (χ2n) is 6.44. The van der Waals surface area contributed by atoms with Crippen molar-refractivity contribution in [3.63, 3.8) is 0 Å². The molecule has 0 aliphatic heterocycles. The molecule has 17 heavy (non-hydrogen) atoms. The van der Waals surface area contributed by atoms with Crippen LogP contribution >= 0.6 is 0 Å². The van der Waals surface area contributed by atoms with Crippen LogP contribution in [0.4, 0.5) is 0 Å². The second kappa shape index (κ2) is 6.58. The van der Waals surface area contributed by atoms with E-state index in [2.05, 4.69) is 39.6 Å². The van der Waals surface area contributed by atoms with Gasteiger partial charge in [-0.2, -0.15) is 0 Å². The Kier molecular flexibility index (Phi) is 5.72. The molecule has 1 heteroatoms. The van der Waals surface area contributed by atoms with Gasteiger partial charge in [0, 0.05) is 6.04 Å². The van der Waals surface area contributed by atoms with E-state index >= 15 is 0 Å². The van der Waals surface area contributed by atoms with E-state index in [1.165, 1.54) is 37.7 Å². The minimum absolute atomic E-state index is 0.545. The fourth-order valence-electron chi connectivity index (χ4n) is 3.69. The highest BCUT2D eigenvalue weighted by Gasteiger charge is 2.40. The predicted octanol–water partition coefficient (Wildman–Crippen LogP) is 4.54. The molecule has 0 radical (unpaired) electrons. The molecule has 0 aromatic rings. The lowest BCUT2D eigenvalue weighted by molar-refractivity contribution is 0.155. The summed E-state index contributed by atoms with van der Waals surface area (Å²) < 4.78 is 0. The van der Waals surface area contributed by atoms with Crippen molar-refractivity contribution in [1.82, 2.24) is 5.32 Å². The fraction of sp³-hybridized carbons (Fsp3) is 0.875. The zero-order valence-electron chi connectivity index (χ0n) is 12.3. The minimum atomic E-state index is 0.545. The third kappa shape index (κ3) is 4.13. The quantitative estimate of drug-likeness (QED) is 0.641. The lowest BCUT2D eigenvalue weighted by atomic mass is 9.71. The molecule has 100 valence electrons. The molecule has 1 fully saturated rings. The van der Waals surface area contributed by atoms with E-state index in [0.29, 0.717) is 11.5 Å². The maximum atomic E-state index is 4.12. The van der Waals surface area contributed by atoms with Gasteiger partial charge in [-0.1, -0.05) is 39.2 Å². The largest absolute Gasteiger partial charge is 0.313 e. The highest BCUT2D eigenvalue weighted by Crippen LogP contribution is 2.47. The van der Waals surface area contributed by atoms with Crippen LogP contribution in [0, 0.1) is 11.3 Å². The number of rotatable bonds is 7. The number of nitrogens with one attached hydrogen (secondary N) is 1. The lowest BCUT2D eigenvalue weighted by Crippen LogP contribution is -2.44. The van der Waals surface area contributed by atoms with Gasteiger partial charge in [-0.05, 0) is 50.5 Å². The van der Waals surface area contributed by atoms with Crippen molar-refractivity contribution in [3.05, 3.63) is 12.2 Å². The van der Waals surface area contributed by atoms with Gasteiger partial charge in [0.25, 0.3) is 0 Å². The Hall–Kier alpha value is -0.300. The summed E-state index contributed by atoms with van der Waals surface area (Å²) in [5.41, 5.74) is 1.87. The minimum Gasteiger partial charge on any atom is -0.313 e. The summed E-state index contributed by atoms with van der Waals surface area (Å²) in [5.74, 6) is 0.805. The monoisotopic (exact) mass is 237 g/mol. The summed E-state index contributed by atoms with van der Waals surface area (Å²) in [6, 6.07) is 0.648. The molecular weight excluding hydrogens is 206 g/mol. The standard InChI is InChI=1S/C16H31N/c1-6-17-15(11-13(2)3)16(12-14(4)5)9-7-8-10-16/h14-15,17H,2,6-12H2,1,3-5H3. The van der Waals surface area contributed by atoms with Gasteiger partial charge in [0.15, 0.2) is 0 Å². The van der Waals surface area contributed by atoms with Crippen molar-refractivity contribution in [2.75, 3.05) is 6.54 Å². The van der Waals surface area contributed by atoms with Gasteiger partial charge in [0.1, 0.15) is 0 Å². The van der Waals surface area contributed by atoms with Crippen LogP contribution in [0.15, 0.2) is 12.2 Å². The molecule has 0 spiro atoms. The second-order valence-corrected chi connectivity index (χ2v) is 6.44. The maximum absolute atomic E-state index is 4.12. The van der Waals surface area contributed by atoms with Crippen molar-refractivity contribution in [1.29, 1.82) is 0 Å². The molecule has 0 aromatic heterocycles. The van der Waals surface area contributed by atoms with E-state index in [-0.39, 0.29) is 0 Å². The fourth-order valence-corrected chi connectivity index (χ4v) is 3.69. The summed E-state index contributed by atoms with van der Waals surface area (Å²) in [7, 11) is 0. The van der Waals surface area contributed by atoms with Crippen molar-refractivity contribution < 1.29 is 0 Å². The molecule has 1 atom stereocenters. The number of hydrogen-bond acceptors (Lipinski definition) is 1. The molecule has 1 saturated carbocycles. The Labute approximate surface area is 108 Å². The van der Waals surface area contributed by atoms with Gasteiger partial charge >= 0.3 is 0 Å². The third-order valence-electron chi connectivity index (χ3n) is 4.16. The Morgan fingerprint density at radius 1 is 1.29 bits per heavy atom. The average Bonchev–Trinajstić information content (AvgIpc) is 2.65. The molecule has 1 unspecified atom stereocenters. The molecule has 1 rings (SSSR count). The van der Waals surface area contributed by atoms with Gasteiger partial charge in [0.05, 0.1) is 0 Å². The van der Waals surface area contributed by atoms with E-state index < -0.39 is 0 Å². The summed E-state index contributed by atoms with van der Waals surface area (Å²) in [4.78, 5) is 0. The van der Waals surface area contributed by atoms with Gasteiger partial charge in [-0.3, -0.25) is 0 Å². The normalized spacial score (nSPS) is 20.8. The lowest BCUT2D eigenvalue weighted by Gasteiger charge is -2.40. The van der Waals surface area contributed by atoms with E-state index in [9.17, 15) is 0 Å². The Morgan fingerprint density at radius 3 is 2.29 bits per heavy atom. The summed E-state index contributed by atoms with van der Waals surface area (Å²) in [6.07, 6.45) is 8.19. The predicted molar refractivity (Wildman–Crippen MR) is 77.3 cm³/mol. The zero-order chi connectivity index (χ0) is 12.9. The van der Waals surface area contributed by atoms with Crippen LogP contribution in [0.2, 0.25) is 0 Å². The molecule has 0 bridgehead atoms. The average molecular weight is 237 g/mol. The molecule has 0 saturated heterocycles. The molecule has 1 N–H and O–H groups in total. The van der Waals surface area contributed by atoms with Crippen LogP contribution in [-0.4, -0.2) is 12.6 Å². The van der Waals surface area contributed by atoms with Crippen molar-refractivity contribution in [3.8, 4) is 0 Å². The van der Waals surface area contributed by atoms with Crippen LogP contribution in [0.3, 0.4) is 0 Å². The maximum Gasteiger partial charge on any atom is 0.0160 e. The first kappa shape index (κ1) is 14.8. The SMILES string of the molecule is C=C(C)CC(NCC)C1(CC(C)C)CCCC1. The molecule has 1 aliphatic rings. The van der Waals surface area contributed by atoms with Crippen molar-refractivity contribution >= 4 is 0 Å². The Morgan fingerprint density at radius 2 is 1.88 bits per heavy atom. The molecule has 0 amide bonds. The molecule has 0 heterocycles. The highest BCUT2D eigenvalue weighted by atomic mass is 14.9. The third-order valence-corrected chi connectivity index (χ3v) is 4.16. The summed E-state index contributed by atoms with van der Waals surface area (Å²) in [5, 5.41) is 3.74. The van der Waals surface area contributed by atoms with Gasteiger partial charge in [0.2, 0.25) is 0 Å². The van der Waals surface area contributed by atoms with Crippen molar-refractivity contribution in [2.24, 2.45) is 11.3 Å². The van der Waals surface area contributed by atoms with Crippen LogP contribution in [0.5, 0.6) is 0 Å². The van der Waals surface area contributed by atoms with Crippen LogP contribution < -0.4 is 5.32 Å². The highest BCUT2D eigenvalue weighted by molar-refractivity contribution is 5.02. The molecule has 1 aliphatic carbocycles. The van der Waals surface area contributed by atoms with E-state index in [1.807, 2.05) is 0 Å². The van der Waals surface area contributed by atoms with Gasteiger partial charge in [-0.15, -0.1) is 6.58 Å². The van der Waals surface area contributed by atoms with E-state index in [4.69, 9.17) is 0 Å². The molecule has 0 aromatic carbocycles. The molecular formula is C16H31N. The molecule has 1 nitrogen and oxygen atoms in total. The van der Waals surface area contributed by atoms with Crippen LogP contribution in [0.25, 0.3) is 0 Å². The Balaban J connectivity index is 2.79. The van der Waals surface area contributed by atoms with Gasteiger partial charge < -0.3 is 5.32 Å². The first-order chi connectivity index (χ1) is 8.00. The number of hydrogen-bond donors (Lipinski definition) is 1. The summed E-state index contributed by atoms with van der Waals surface area (Å²) in [6.45, 7) is 14.3. The van der Waals surface area contributed by atoms with Gasteiger partial charge in [-0.25, -0.2) is 0 Å². The van der Waals surface area contributed by atoms with Crippen molar-refractivity contribution in [2.45, 2.75) is 72.3 Å². The van der Waals surface area contributed by atoms with Crippen LogP contribution in [0.1, 0.15) is 66.2 Å². The summed E-state index contributed by atoms with van der Waals surface area (Å²) >= 11 is 0. The van der Waals surface area contributed by atoms with E-state index in [0.717, 1.165) is 18.9 Å². The van der Waals surface area contributed by atoms with E-state index in [1.54, 1.807) is 0 Å². The van der Waals surface area contributed by atoms with Crippen LogP contribution in [-0.2, 0) is 0 Å². The Bertz CT molecular complexity index is 236.